The largest absolute Gasteiger partial charge is 0.460 e. The molecular formula is C61H71N3O11. The lowest BCUT2D eigenvalue weighted by Crippen LogP contribution is -2.69. The number of fused-ring (bicyclic) bond motifs is 6. The van der Waals surface area contributed by atoms with Crippen LogP contribution in [0.3, 0.4) is 0 Å². The first-order chi connectivity index (χ1) is 35.9. The van der Waals surface area contributed by atoms with Crippen LogP contribution in [0.5, 0.6) is 0 Å². The predicted molar refractivity (Wildman–Crippen MR) is 278 cm³/mol. The topological polar surface area (TPSA) is 174 Å². The van der Waals surface area contributed by atoms with Gasteiger partial charge in [0.05, 0.1) is 30.9 Å². The van der Waals surface area contributed by atoms with Gasteiger partial charge in [-0.05, 0) is 112 Å². The van der Waals surface area contributed by atoms with Gasteiger partial charge < -0.3 is 39.4 Å². The lowest BCUT2D eigenvalue weighted by atomic mass is 9.52. The zero-order valence-corrected chi connectivity index (χ0v) is 43.9. The molecule has 4 aromatic rings. The number of esters is 2. The quantitative estimate of drug-likeness (QED) is 0.0814. The van der Waals surface area contributed by atoms with Crippen molar-refractivity contribution < 1.29 is 52.8 Å². The number of carbonyl (C=O) groups excluding carboxylic acids is 4. The number of hydrogen-bond donors (Lipinski definition) is 3. The van der Waals surface area contributed by atoms with Crippen LogP contribution in [0.1, 0.15) is 131 Å². The first-order valence-electron chi connectivity index (χ1n) is 27.0. The zero-order chi connectivity index (χ0) is 52.5. The first kappa shape index (κ1) is 51.4. The van der Waals surface area contributed by atoms with Crippen molar-refractivity contribution >= 4 is 29.8 Å². The third kappa shape index (κ3) is 9.65. The van der Waals surface area contributed by atoms with Gasteiger partial charge in [0, 0.05) is 36.1 Å². The van der Waals surface area contributed by atoms with E-state index in [0.717, 1.165) is 54.4 Å². The van der Waals surface area contributed by atoms with Crippen LogP contribution in [0, 0.1) is 22.7 Å². The summed E-state index contributed by atoms with van der Waals surface area (Å²) in [5.41, 5.74) is 3.92. The normalized spacial score (nSPS) is 31.9. The molecule has 0 spiro atoms. The van der Waals surface area contributed by atoms with Crippen LogP contribution in [0.4, 0.5) is 0 Å². The third-order valence-corrected chi connectivity index (χ3v) is 17.3. The van der Waals surface area contributed by atoms with Gasteiger partial charge in [-0.25, -0.2) is 0 Å². The maximum Gasteiger partial charge on any atom is 0.327 e. The Morgan fingerprint density at radius 2 is 1.57 bits per heavy atom. The van der Waals surface area contributed by atoms with Crippen molar-refractivity contribution in [3.05, 3.63) is 148 Å². The van der Waals surface area contributed by atoms with Crippen molar-refractivity contribution in [2.75, 3.05) is 6.61 Å². The number of epoxide rings is 1. The highest BCUT2D eigenvalue weighted by atomic mass is 16.8. The molecule has 4 aromatic carbocycles. The Hall–Kier alpha value is -5.74. The summed E-state index contributed by atoms with van der Waals surface area (Å²) in [7, 11) is 0. The second-order valence-electron chi connectivity index (χ2n) is 23.9. The molecule has 3 N–H and O–H groups in total. The monoisotopic (exact) mass is 1020 g/mol. The number of aliphatic hydroxyl groups is 1. The van der Waals surface area contributed by atoms with Crippen molar-refractivity contribution in [2.45, 2.75) is 166 Å². The highest BCUT2D eigenvalue weighted by Gasteiger charge is 2.76. The molecule has 2 amide bonds. The minimum absolute atomic E-state index is 0.0203. The van der Waals surface area contributed by atoms with Crippen LogP contribution in [0.15, 0.2) is 115 Å². The van der Waals surface area contributed by atoms with E-state index in [1.165, 1.54) is 5.57 Å². The van der Waals surface area contributed by atoms with E-state index in [1.54, 1.807) is 50.1 Å². The van der Waals surface area contributed by atoms with E-state index in [9.17, 15) is 19.5 Å². The van der Waals surface area contributed by atoms with E-state index in [0.29, 0.717) is 23.0 Å². The number of carbonyl (C=O) groups is 4. The molecule has 14 nitrogen and oxygen atoms in total. The maximum atomic E-state index is 15.5. The van der Waals surface area contributed by atoms with E-state index in [2.05, 4.69) is 49.6 Å². The van der Waals surface area contributed by atoms with Gasteiger partial charge in [0.2, 0.25) is 11.7 Å². The second-order valence-corrected chi connectivity index (χ2v) is 23.9. The van der Waals surface area contributed by atoms with E-state index in [-0.39, 0.29) is 56.1 Å². The summed E-state index contributed by atoms with van der Waals surface area (Å²) in [5.74, 6) is -2.23. The van der Waals surface area contributed by atoms with Crippen LogP contribution in [0.2, 0.25) is 0 Å². The number of aliphatic hydroxyl groups excluding tert-OH is 1. The average molecular weight is 1020 g/mol. The lowest BCUT2D eigenvalue weighted by molar-refractivity contribution is -0.213. The van der Waals surface area contributed by atoms with E-state index in [1.807, 2.05) is 72.8 Å². The fraction of sp³-hybridized carbons (Fsp3) is 0.508. The molecule has 2 bridgehead atoms. The van der Waals surface area contributed by atoms with Gasteiger partial charge in [-0.2, -0.15) is 5.06 Å². The van der Waals surface area contributed by atoms with Crippen LogP contribution in [-0.2, 0) is 61.8 Å². The molecule has 0 aromatic heterocycles. The van der Waals surface area contributed by atoms with Gasteiger partial charge in [-0.15, -0.1) is 0 Å². The van der Waals surface area contributed by atoms with Crippen molar-refractivity contribution in [1.29, 1.82) is 0 Å². The number of nitrogens with zero attached hydrogens (tertiary/aromatic N) is 1. The zero-order valence-electron chi connectivity index (χ0n) is 43.9. The van der Waals surface area contributed by atoms with E-state index in [4.69, 9.17) is 28.5 Å². The van der Waals surface area contributed by atoms with Crippen LogP contribution < -0.4 is 10.6 Å². The molecule has 11 atom stereocenters. The second kappa shape index (κ2) is 19.7. The number of benzene rings is 4. The van der Waals surface area contributed by atoms with E-state index >= 15 is 4.79 Å². The molecule has 75 heavy (non-hydrogen) atoms. The Morgan fingerprint density at radius 3 is 2.28 bits per heavy atom. The van der Waals surface area contributed by atoms with Gasteiger partial charge >= 0.3 is 11.9 Å². The molecule has 14 heteroatoms. The summed E-state index contributed by atoms with van der Waals surface area (Å²) in [6.07, 6.45) is 4.76. The molecule has 4 heterocycles. The standard InChI is InChI=1S/C61H71N3O11/c1-57(2,3)72-49(66)27-25-44(36-65)63-54(67)40-19-15-16-37(30-40)34-62-56(69)60-33-47-50-51(74-61(73-50,42-20-9-7-10-21-42)43-22-11-8-12-23-43)53(60)75-64(52(60)55(68)70-47)35-41-18-14-13-17-38(41)31-39-24-26-48-59(6,71-48)29-28-46-45(39)32-58(46,4)5/h7-23,30-31,44-48,50-53,65H,24-29,32-36H2,1-6H3,(H,62,69)(H,63,67)/t44-,45+,46+,47+,48?,50-,51-,52-,53+,59+,60-/m0/s1. The first-order valence-corrected chi connectivity index (χ1v) is 27.0. The van der Waals surface area contributed by atoms with Crippen LogP contribution in [-0.4, -0.2) is 94.3 Å². The van der Waals surface area contributed by atoms with Gasteiger partial charge in [0.15, 0.2) is 6.04 Å². The number of hydroxylamine groups is 2. The number of nitrogens with one attached hydrogen (secondary N) is 2. The number of allylic oxidation sites excluding steroid dienone is 1. The number of rotatable bonds is 14. The predicted octanol–water partition coefficient (Wildman–Crippen LogP) is 8.48. The molecule has 3 saturated carbocycles. The highest BCUT2D eigenvalue weighted by Crippen LogP contribution is 2.61. The van der Waals surface area contributed by atoms with Gasteiger partial charge in [0.25, 0.3) is 5.91 Å². The van der Waals surface area contributed by atoms with Crippen molar-refractivity contribution in [2.24, 2.45) is 22.7 Å². The SMILES string of the molecule is CC(C)(C)OC(=O)CC[C@@H](CO)NC(=O)c1cccc(CNC(=O)[C@@]23C[C@H]4OC(=O)[C@@H]2N(Cc2ccccc2C=C2CCC5O[C@]5(C)CC[C@@H]5[C@@H]2CC5(C)C)O[C@@H]3[C@H]2OC(c3ccccc3)(c3ccccc3)O[C@H]24)c1. The van der Waals surface area contributed by atoms with Crippen molar-refractivity contribution in [3.8, 4) is 0 Å². The van der Waals surface area contributed by atoms with Crippen LogP contribution in [0.25, 0.3) is 6.08 Å². The molecule has 3 aliphatic carbocycles. The Kier molecular flexibility index (Phi) is 13.5. The summed E-state index contributed by atoms with van der Waals surface area (Å²) in [5, 5.41) is 17.8. The minimum atomic E-state index is -1.49. The summed E-state index contributed by atoms with van der Waals surface area (Å²) in [6, 6.07) is 32.6. The van der Waals surface area contributed by atoms with Gasteiger partial charge in [-0.1, -0.05) is 123 Å². The summed E-state index contributed by atoms with van der Waals surface area (Å²) in [6.45, 7) is 12.2. The lowest BCUT2D eigenvalue weighted by Gasteiger charge is -2.53. The van der Waals surface area contributed by atoms with Crippen molar-refractivity contribution in [1.82, 2.24) is 15.7 Å². The molecule has 4 aliphatic heterocycles. The summed E-state index contributed by atoms with van der Waals surface area (Å²) >= 11 is 0. The fourth-order valence-corrected chi connectivity index (χ4v) is 13.4. The fourth-order valence-electron chi connectivity index (χ4n) is 13.4. The smallest absolute Gasteiger partial charge is 0.327 e. The van der Waals surface area contributed by atoms with Crippen molar-refractivity contribution in [3.63, 3.8) is 0 Å². The average Bonchev–Trinajstić information content (AvgIpc) is 3.75. The van der Waals surface area contributed by atoms with Crippen LogP contribution >= 0.6 is 0 Å². The Bertz CT molecular complexity index is 2810. The Balaban J connectivity index is 0.897. The minimum Gasteiger partial charge on any atom is -0.460 e. The number of hydrogen-bond acceptors (Lipinski definition) is 12. The molecule has 0 radical (unpaired) electrons. The summed E-state index contributed by atoms with van der Waals surface area (Å²) in [4.78, 5) is 63.5. The van der Waals surface area contributed by atoms with Gasteiger partial charge in [-0.3, -0.25) is 24.0 Å². The molecular weight excluding hydrogens is 951 g/mol. The Morgan fingerprint density at radius 1 is 0.867 bits per heavy atom. The Labute approximate surface area is 439 Å². The molecule has 4 saturated heterocycles. The third-order valence-electron chi connectivity index (χ3n) is 17.3. The van der Waals surface area contributed by atoms with Gasteiger partial charge in [0.1, 0.15) is 35.4 Å². The van der Waals surface area contributed by atoms with E-state index < -0.39 is 77.1 Å². The molecule has 1 unspecified atom stereocenters. The number of ether oxygens (including phenoxy) is 5. The molecule has 7 fully saturated rings. The molecule has 7 aliphatic rings. The highest BCUT2D eigenvalue weighted by molar-refractivity contribution is 5.95. The molecule has 11 rings (SSSR count). The molecule has 396 valence electrons. The maximum absolute atomic E-state index is 15.5. The number of amides is 2. The summed E-state index contributed by atoms with van der Waals surface area (Å²) < 4.78 is 32.5.